The van der Waals surface area contributed by atoms with Gasteiger partial charge in [0.15, 0.2) is 0 Å². The van der Waals surface area contributed by atoms with Crippen molar-refractivity contribution in [2.45, 2.75) is 12.8 Å². The Bertz CT molecular complexity index is 462. The molecule has 1 nitrogen and oxygen atoms in total. The van der Waals surface area contributed by atoms with Crippen molar-refractivity contribution in [3.63, 3.8) is 0 Å². The van der Waals surface area contributed by atoms with Gasteiger partial charge in [0.25, 0.3) is 0 Å². The van der Waals surface area contributed by atoms with Crippen LogP contribution in [0.1, 0.15) is 16.7 Å². The highest BCUT2D eigenvalue weighted by Gasteiger charge is 2.09. The standard InChI is InChI=1S/C15H15N.ClH/c1-2-6-13-11-14-7-3-4-8-15(14)16-10-9-12(13)5-1;/h1-8,16H,9-11H2;1H. The van der Waals surface area contributed by atoms with Crippen LogP contribution in [-0.4, -0.2) is 6.54 Å². The smallest absolute Gasteiger partial charge is 0.0376 e. The third-order valence-electron chi connectivity index (χ3n) is 3.23. The molecule has 2 heteroatoms. The summed E-state index contributed by atoms with van der Waals surface area (Å²) in [5.74, 6) is 0. The van der Waals surface area contributed by atoms with E-state index in [0.29, 0.717) is 0 Å². The topological polar surface area (TPSA) is 12.0 Å². The Balaban J connectivity index is 0.00000108. The first-order valence-electron chi connectivity index (χ1n) is 5.82. The maximum atomic E-state index is 3.51. The van der Waals surface area contributed by atoms with Crippen molar-refractivity contribution >= 4 is 18.1 Å². The predicted molar refractivity (Wildman–Crippen MR) is 75.1 cm³/mol. The molecule has 0 atom stereocenters. The number of hydrogen-bond acceptors (Lipinski definition) is 1. The summed E-state index contributed by atoms with van der Waals surface area (Å²) in [6.45, 7) is 1.02. The van der Waals surface area contributed by atoms with Crippen LogP contribution in [0.2, 0.25) is 0 Å². The molecule has 0 bridgehead atoms. The fourth-order valence-corrected chi connectivity index (χ4v) is 2.36. The molecular formula is C15H16ClN. The zero-order chi connectivity index (χ0) is 10.8. The van der Waals surface area contributed by atoms with E-state index in [-0.39, 0.29) is 12.4 Å². The summed E-state index contributed by atoms with van der Waals surface area (Å²) in [5.41, 5.74) is 5.63. The first kappa shape index (κ1) is 12.0. The van der Waals surface area contributed by atoms with E-state index in [1.807, 2.05) is 0 Å². The van der Waals surface area contributed by atoms with Gasteiger partial charge in [-0.05, 0) is 35.6 Å². The van der Waals surface area contributed by atoms with E-state index < -0.39 is 0 Å². The predicted octanol–water partition coefficient (Wildman–Crippen LogP) is 3.67. The number of anilines is 1. The van der Waals surface area contributed by atoms with E-state index in [2.05, 4.69) is 53.8 Å². The van der Waals surface area contributed by atoms with Gasteiger partial charge in [0, 0.05) is 12.2 Å². The molecule has 0 saturated carbocycles. The van der Waals surface area contributed by atoms with E-state index in [1.54, 1.807) is 0 Å². The lowest BCUT2D eigenvalue weighted by atomic mass is 9.95. The minimum absolute atomic E-state index is 0. The number of fused-ring (bicyclic) bond motifs is 2. The van der Waals surface area contributed by atoms with Crippen molar-refractivity contribution in [3.8, 4) is 0 Å². The fraction of sp³-hybridized carbons (Fsp3) is 0.200. The maximum Gasteiger partial charge on any atom is 0.0376 e. The monoisotopic (exact) mass is 245 g/mol. The van der Waals surface area contributed by atoms with Crippen LogP contribution in [0.3, 0.4) is 0 Å². The van der Waals surface area contributed by atoms with Crippen LogP contribution in [0, 0.1) is 0 Å². The molecule has 0 radical (unpaired) electrons. The summed E-state index contributed by atoms with van der Waals surface area (Å²) in [6, 6.07) is 17.4. The van der Waals surface area contributed by atoms with Gasteiger partial charge in [0.1, 0.15) is 0 Å². The number of rotatable bonds is 0. The van der Waals surface area contributed by atoms with Crippen molar-refractivity contribution < 1.29 is 0 Å². The second kappa shape index (κ2) is 5.24. The Kier molecular flexibility index (Phi) is 3.70. The van der Waals surface area contributed by atoms with Crippen molar-refractivity contribution in [2.24, 2.45) is 0 Å². The molecular weight excluding hydrogens is 230 g/mol. The van der Waals surface area contributed by atoms with Crippen LogP contribution >= 0.6 is 12.4 Å². The van der Waals surface area contributed by atoms with E-state index in [0.717, 1.165) is 19.4 Å². The first-order valence-corrected chi connectivity index (χ1v) is 5.82. The summed E-state index contributed by atoms with van der Waals surface area (Å²) in [4.78, 5) is 0. The Labute approximate surface area is 108 Å². The molecule has 2 aromatic carbocycles. The zero-order valence-corrected chi connectivity index (χ0v) is 10.5. The van der Waals surface area contributed by atoms with Gasteiger partial charge in [-0.3, -0.25) is 0 Å². The molecule has 1 heterocycles. The van der Waals surface area contributed by atoms with Crippen molar-refractivity contribution in [1.82, 2.24) is 0 Å². The fourth-order valence-electron chi connectivity index (χ4n) is 2.36. The average Bonchev–Trinajstić information content (AvgIpc) is 2.29. The van der Waals surface area contributed by atoms with E-state index in [4.69, 9.17) is 0 Å². The molecule has 17 heavy (non-hydrogen) atoms. The van der Waals surface area contributed by atoms with Crippen molar-refractivity contribution in [1.29, 1.82) is 0 Å². The molecule has 1 aliphatic rings. The van der Waals surface area contributed by atoms with Gasteiger partial charge >= 0.3 is 0 Å². The highest BCUT2D eigenvalue weighted by molar-refractivity contribution is 5.85. The van der Waals surface area contributed by atoms with Gasteiger partial charge in [0.05, 0.1) is 0 Å². The lowest BCUT2D eigenvalue weighted by Gasteiger charge is -2.18. The minimum Gasteiger partial charge on any atom is -0.384 e. The Morgan fingerprint density at radius 3 is 2.24 bits per heavy atom. The van der Waals surface area contributed by atoms with Crippen LogP contribution in [0.4, 0.5) is 5.69 Å². The molecule has 0 aliphatic carbocycles. The summed E-state index contributed by atoms with van der Waals surface area (Å²) in [5, 5.41) is 3.51. The number of benzene rings is 2. The first-order chi connectivity index (χ1) is 7.93. The lowest BCUT2D eigenvalue weighted by molar-refractivity contribution is 0.962. The van der Waals surface area contributed by atoms with Gasteiger partial charge in [-0.15, -0.1) is 12.4 Å². The molecule has 0 aromatic heterocycles. The molecule has 0 unspecified atom stereocenters. The second-order valence-corrected chi connectivity index (χ2v) is 4.28. The normalized spacial score (nSPS) is 13.2. The van der Waals surface area contributed by atoms with Crippen LogP contribution in [0.5, 0.6) is 0 Å². The van der Waals surface area contributed by atoms with Gasteiger partial charge in [-0.25, -0.2) is 0 Å². The van der Waals surface area contributed by atoms with Gasteiger partial charge in [0.2, 0.25) is 0 Å². The van der Waals surface area contributed by atoms with Crippen molar-refractivity contribution in [2.75, 3.05) is 11.9 Å². The SMILES string of the molecule is Cl.c1ccc2c(c1)CCNc1ccccc1C2. The second-order valence-electron chi connectivity index (χ2n) is 4.28. The average molecular weight is 246 g/mol. The van der Waals surface area contributed by atoms with Gasteiger partial charge < -0.3 is 5.32 Å². The Morgan fingerprint density at radius 1 is 0.765 bits per heavy atom. The van der Waals surface area contributed by atoms with E-state index >= 15 is 0 Å². The molecule has 0 spiro atoms. The van der Waals surface area contributed by atoms with Crippen LogP contribution in [-0.2, 0) is 12.8 Å². The zero-order valence-electron chi connectivity index (χ0n) is 9.65. The number of nitrogens with one attached hydrogen (secondary N) is 1. The summed E-state index contributed by atoms with van der Waals surface area (Å²) in [7, 11) is 0. The highest BCUT2D eigenvalue weighted by atomic mass is 35.5. The Hall–Kier alpha value is -1.47. The molecule has 0 amide bonds. The van der Waals surface area contributed by atoms with Crippen molar-refractivity contribution in [3.05, 3.63) is 65.2 Å². The van der Waals surface area contributed by atoms with Gasteiger partial charge in [-0.2, -0.15) is 0 Å². The third-order valence-corrected chi connectivity index (χ3v) is 3.23. The molecule has 3 rings (SSSR count). The number of halogens is 1. The number of hydrogen-bond donors (Lipinski definition) is 1. The summed E-state index contributed by atoms with van der Waals surface area (Å²) < 4.78 is 0. The third kappa shape index (κ3) is 2.45. The minimum atomic E-state index is 0. The van der Waals surface area contributed by atoms with E-state index in [1.165, 1.54) is 22.4 Å². The molecule has 0 saturated heterocycles. The lowest BCUT2D eigenvalue weighted by Crippen LogP contribution is -2.12. The molecule has 1 N–H and O–H groups in total. The summed E-state index contributed by atoms with van der Waals surface area (Å²) >= 11 is 0. The van der Waals surface area contributed by atoms with Gasteiger partial charge in [-0.1, -0.05) is 42.5 Å². The molecule has 1 aliphatic heterocycles. The highest BCUT2D eigenvalue weighted by Crippen LogP contribution is 2.23. The molecule has 2 aromatic rings. The Morgan fingerprint density at radius 2 is 1.41 bits per heavy atom. The maximum absolute atomic E-state index is 3.51. The molecule has 0 fully saturated rings. The molecule has 88 valence electrons. The largest absolute Gasteiger partial charge is 0.384 e. The summed E-state index contributed by atoms with van der Waals surface area (Å²) in [6.07, 6.45) is 2.16. The number of para-hydroxylation sites is 1. The van der Waals surface area contributed by atoms with E-state index in [9.17, 15) is 0 Å². The van der Waals surface area contributed by atoms with Crippen LogP contribution in [0.15, 0.2) is 48.5 Å². The van der Waals surface area contributed by atoms with Crippen LogP contribution < -0.4 is 5.32 Å². The van der Waals surface area contributed by atoms with Crippen LogP contribution in [0.25, 0.3) is 0 Å². The quantitative estimate of drug-likeness (QED) is 0.747.